The van der Waals surface area contributed by atoms with Crippen LogP contribution in [0.2, 0.25) is 0 Å². The molecule has 2 aliphatic heterocycles. The first kappa shape index (κ1) is 13.3. The molecule has 0 spiro atoms. The third-order valence-corrected chi connectivity index (χ3v) is 5.26. The van der Waals surface area contributed by atoms with E-state index in [1.807, 2.05) is 7.05 Å². The molecule has 106 valence electrons. The van der Waals surface area contributed by atoms with E-state index < -0.39 is 0 Å². The molecule has 2 unspecified atom stereocenters. The van der Waals surface area contributed by atoms with Crippen molar-refractivity contribution >= 4 is 16.5 Å². The molecule has 2 aliphatic rings. The molecule has 6 heteroatoms. The lowest BCUT2D eigenvalue weighted by molar-refractivity contribution is 0.0110. The Bertz CT molecular complexity index is 421. The van der Waals surface area contributed by atoms with Crippen molar-refractivity contribution < 1.29 is 0 Å². The molecule has 0 amide bonds. The molecule has 3 rings (SSSR count). The van der Waals surface area contributed by atoms with Gasteiger partial charge in [0.2, 0.25) is 5.13 Å². The van der Waals surface area contributed by atoms with Crippen molar-refractivity contribution in [2.24, 2.45) is 0 Å². The summed E-state index contributed by atoms with van der Waals surface area (Å²) in [6, 6.07) is 1.39. The summed E-state index contributed by atoms with van der Waals surface area (Å²) in [5.41, 5.74) is 0. The van der Waals surface area contributed by atoms with E-state index in [1.54, 1.807) is 11.3 Å². The van der Waals surface area contributed by atoms with E-state index in [1.165, 1.54) is 38.9 Å². The molecule has 0 saturated carbocycles. The van der Waals surface area contributed by atoms with Crippen LogP contribution in [0.15, 0.2) is 0 Å². The predicted molar refractivity (Wildman–Crippen MR) is 78.5 cm³/mol. The third kappa shape index (κ3) is 2.90. The minimum Gasteiger partial charge on any atom is -0.363 e. The first-order chi connectivity index (χ1) is 9.26. The highest BCUT2D eigenvalue weighted by Gasteiger charge is 2.33. The van der Waals surface area contributed by atoms with E-state index >= 15 is 0 Å². The topological polar surface area (TPSA) is 44.3 Å². The molecule has 1 N–H and O–H groups in total. The molecular formula is C13H23N5S. The van der Waals surface area contributed by atoms with Gasteiger partial charge in [0.05, 0.1) is 6.54 Å². The van der Waals surface area contributed by atoms with Crippen LogP contribution in [-0.4, -0.2) is 58.8 Å². The number of hydrogen-bond acceptors (Lipinski definition) is 6. The van der Waals surface area contributed by atoms with E-state index in [4.69, 9.17) is 0 Å². The second-order valence-electron chi connectivity index (χ2n) is 5.67. The zero-order valence-corrected chi connectivity index (χ0v) is 12.6. The van der Waals surface area contributed by atoms with Gasteiger partial charge in [-0.15, -0.1) is 10.2 Å². The average molecular weight is 281 g/mol. The minimum atomic E-state index is 0.622. The Balaban J connectivity index is 1.63. The van der Waals surface area contributed by atoms with E-state index in [9.17, 15) is 0 Å². The fraction of sp³-hybridized carbons (Fsp3) is 0.846. The van der Waals surface area contributed by atoms with Crippen LogP contribution < -0.4 is 5.32 Å². The van der Waals surface area contributed by atoms with Gasteiger partial charge in [-0.1, -0.05) is 17.8 Å². The zero-order chi connectivity index (χ0) is 13.2. The van der Waals surface area contributed by atoms with E-state index in [-0.39, 0.29) is 0 Å². The molecule has 0 radical (unpaired) electrons. The Morgan fingerprint density at radius 1 is 1.32 bits per heavy atom. The lowest BCUT2D eigenvalue weighted by atomic mass is 9.97. The Hall–Kier alpha value is -0.720. The summed E-state index contributed by atoms with van der Waals surface area (Å²) >= 11 is 1.67. The highest BCUT2D eigenvalue weighted by atomic mass is 32.1. The molecule has 2 atom stereocenters. The van der Waals surface area contributed by atoms with Crippen LogP contribution in [-0.2, 0) is 6.54 Å². The summed E-state index contributed by atoms with van der Waals surface area (Å²) < 4.78 is 0. The Labute approximate surface area is 119 Å². The molecule has 1 aromatic heterocycles. The maximum absolute atomic E-state index is 4.27. The van der Waals surface area contributed by atoms with Gasteiger partial charge in [0.1, 0.15) is 5.01 Å². The third-order valence-electron chi connectivity index (χ3n) is 4.34. The molecule has 2 saturated heterocycles. The molecule has 0 bridgehead atoms. The molecule has 5 nitrogen and oxygen atoms in total. The van der Waals surface area contributed by atoms with Gasteiger partial charge in [0.25, 0.3) is 0 Å². The van der Waals surface area contributed by atoms with Gasteiger partial charge >= 0.3 is 0 Å². The molecular weight excluding hydrogens is 258 g/mol. The quantitative estimate of drug-likeness (QED) is 0.912. The van der Waals surface area contributed by atoms with Crippen LogP contribution in [0.4, 0.5) is 5.13 Å². The highest BCUT2D eigenvalue weighted by molar-refractivity contribution is 7.15. The number of hydrogen-bond donors (Lipinski definition) is 1. The normalized spacial score (nSPS) is 29.2. The lowest BCUT2D eigenvalue weighted by Gasteiger charge is -2.47. The van der Waals surface area contributed by atoms with Crippen molar-refractivity contribution in [3.63, 3.8) is 0 Å². The van der Waals surface area contributed by atoms with Crippen LogP contribution in [0.1, 0.15) is 31.2 Å². The molecule has 0 aromatic carbocycles. The van der Waals surface area contributed by atoms with Crippen molar-refractivity contribution in [1.29, 1.82) is 0 Å². The van der Waals surface area contributed by atoms with Gasteiger partial charge in [0, 0.05) is 32.2 Å². The fourth-order valence-corrected chi connectivity index (χ4v) is 3.94. The number of anilines is 1. The summed E-state index contributed by atoms with van der Waals surface area (Å²) in [6.45, 7) is 6.99. The standard InChI is InChI=1S/C13H23N5S/c1-10-7-17-6-4-3-5-11(17)8-18(10)9-12-15-16-13(14-2)19-12/h10-11H,3-9H2,1-2H3,(H,14,16). The minimum absolute atomic E-state index is 0.622. The second kappa shape index (κ2) is 5.73. The van der Waals surface area contributed by atoms with Gasteiger partial charge < -0.3 is 5.32 Å². The van der Waals surface area contributed by atoms with E-state index in [2.05, 4.69) is 32.2 Å². The van der Waals surface area contributed by atoms with E-state index in [0.717, 1.165) is 22.7 Å². The molecule has 1 aromatic rings. The van der Waals surface area contributed by atoms with Crippen LogP contribution >= 0.6 is 11.3 Å². The summed E-state index contributed by atoms with van der Waals surface area (Å²) in [7, 11) is 1.90. The number of aromatic nitrogens is 2. The highest BCUT2D eigenvalue weighted by Crippen LogP contribution is 2.26. The first-order valence-corrected chi connectivity index (χ1v) is 8.06. The van der Waals surface area contributed by atoms with Gasteiger partial charge in [-0.05, 0) is 26.3 Å². The number of nitrogens with zero attached hydrogens (tertiary/aromatic N) is 4. The van der Waals surface area contributed by atoms with Gasteiger partial charge in [-0.2, -0.15) is 0 Å². The Kier molecular flexibility index (Phi) is 4.00. The van der Waals surface area contributed by atoms with Crippen LogP contribution in [0.25, 0.3) is 0 Å². The number of piperazine rings is 1. The summed E-state index contributed by atoms with van der Waals surface area (Å²) in [5, 5.41) is 13.5. The van der Waals surface area contributed by atoms with Crippen molar-refractivity contribution in [2.75, 3.05) is 32.0 Å². The molecule has 2 fully saturated rings. The van der Waals surface area contributed by atoms with E-state index in [0.29, 0.717) is 6.04 Å². The second-order valence-corrected chi connectivity index (χ2v) is 6.74. The molecule has 3 heterocycles. The van der Waals surface area contributed by atoms with Crippen LogP contribution in [0.3, 0.4) is 0 Å². The number of rotatable bonds is 3. The smallest absolute Gasteiger partial charge is 0.205 e. The van der Waals surface area contributed by atoms with Gasteiger partial charge in [-0.25, -0.2) is 0 Å². The summed E-state index contributed by atoms with van der Waals surface area (Å²) in [4.78, 5) is 5.26. The fourth-order valence-electron chi connectivity index (χ4n) is 3.23. The maximum Gasteiger partial charge on any atom is 0.205 e. The Morgan fingerprint density at radius 2 is 2.21 bits per heavy atom. The average Bonchev–Trinajstić information content (AvgIpc) is 2.87. The maximum atomic E-state index is 4.27. The number of fused-ring (bicyclic) bond motifs is 1. The molecule has 0 aliphatic carbocycles. The number of nitrogens with one attached hydrogen (secondary N) is 1. The van der Waals surface area contributed by atoms with Gasteiger partial charge in [0.15, 0.2) is 0 Å². The zero-order valence-electron chi connectivity index (χ0n) is 11.8. The van der Waals surface area contributed by atoms with Gasteiger partial charge in [-0.3, -0.25) is 9.80 Å². The van der Waals surface area contributed by atoms with Crippen molar-refractivity contribution in [1.82, 2.24) is 20.0 Å². The largest absolute Gasteiger partial charge is 0.363 e. The summed E-state index contributed by atoms with van der Waals surface area (Å²) in [5.74, 6) is 0. The lowest BCUT2D eigenvalue weighted by Crippen LogP contribution is -2.58. The van der Waals surface area contributed by atoms with Crippen molar-refractivity contribution in [3.05, 3.63) is 5.01 Å². The summed E-state index contributed by atoms with van der Waals surface area (Å²) in [6.07, 6.45) is 4.14. The predicted octanol–water partition coefficient (Wildman–Crippen LogP) is 1.64. The Morgan fingerprint density at radius 3 is 3.00 bits per heavy atom. The SMILES string of the molecule is CNc1nnc(CN2CC3CCCCN3CC2C)s1. The number of piperidine rings is 1. The first-order valence-electron chi connectivity index (χ1n) is 7.24. The van der Waals surface area contributed by atoms with Crippen LogP contribution in [0, 0.1) is 0 Å². The van der Waals surface area contributed by atoms with Crippen molar-refractivity contribution in [2.45, 2.75) is 44.8 Å². The van der Waals surface area contributed by atoms with Crippen molar-refractivity contribution in [3.8, 4) is 0 Å². The monoisotopic (exact) mass is 281 g/mol. The molecule has 19 heavy (non-hydrogen) atoms. The van der Waals surface area contributed by atoms with Crippen LogP contribution in [0.5, 0.6) is 0 Å².